The first-order chi connectivity index (χ1) is 13.9. The quantitative estimate of drug-likeness (QED) is 0.322. The molecule has 0 bridgehead atoms. The molecule has 0 aliphatic heterocycles. The fraction of sp³-hybridized carbons (Fsp3) is 0.158. The van der Waals surface area contributed by atoms with Crippen molar-refractivity contribution in [3.63, 3.8) is 0 Å². The van der Waals surface area contributed by atoms with Gasteiger partial charge in [0.25, 0.3) is 0 Å². The lowest BCUT2D eigenvalue weighted by Gasteiger charge is -2.04. The van der Waals surface area contributed by atoms with E-state index in [-0.39, 0.29) is 15.5 Å². The average molecular weight is 434 g/mol. The Balaban J connectivity index is 1.87. The van der Waals surface area contributed by atoms with Crippen molar-refractivity contribution in [2.24, 2.45) is 0 Å². The molecule has 0 unspecified atom stereocenters. The van der Waals surface area contributed by atoms with Crippen LogP contribution in [0.25, 0.3) is 17.4 Å². The van der Waals surface area contributed by atoms with Gasteiger partial charge in [0.2, 0.25) is 5.16 Å². The standard InChI is InChI=1S/C19H16ClN3O5S/c1-3-16-21-19(23-22-16)29-15(17(24)25)9-11-5-7-14(28-11)10-4-6-13(20)12(8-10)18(26)27-2/h4-9H,3H2,1-2H3,(H,24,25)(H,21,22,23)/b15-9-. The molecule has 3 rings (SSSR count). The molecule has 0 aliphatic carbocycles. The summed E-state index contributed by atoms with van der Waals surface area (Å²) >= 11 is 6.95. The van der Waals surface area contributed by atoms with Gasteiger partial charge in [-0.25, -0.2) is 14.6 Å². The van der Waals surface area contributed by atoms with Crippen LogP contribution in [0, 0.1) is 0 Å². The number of carbonyl (C=O) groups is 2. The van der Waals surface area contributed by atoms with E-state index in [4.69, 9.17) is 20.8 Å². The Bertz CT molecular complexity index is 1090. The maximum absolute atomic E-state index is 11.8. The number of nitrogens with zero attached hydrogens (tertiary/aromatic N) is 2. The van der Waals surface area contributed by atoms with E-state index in [1.807, 2.05) is 6.92 Å². The van der Waals surface area contributed by atoms with Crippen LogP contribution in [-0.4, -0.2) is 39.3 Å². The Morgan fingerprint density at radius 1 is 1.34 bits per heavy atom. The van der Waals surface area contributed by atoms with E-state index in [0.29, 0.717) is 34.5 Å². The lowest BCUT2D eigenvalue weighted by atomic mass is 10.1. The number of carbonyl (C=O) groups excluding carboxylic acids is 1. The zero-order valence-corrected chi connectivity index (χ0v) is 17.0. The van der Waals surface area contributed by atoms with Gasteiger partial charge in [0, 0.05) is 18.1 Å². The molecule has 0 spiro atoms. The summed E-state index contributed by atoms with van der Waals surface area (Å²) < 4.78 is 10.4. The van der Waals surface area contributed by atoms with E-state index in [1.54, 1.807) is 30.3 Å². The minimum absolute atomic E-state index is 0.00101. The molecule has 0 atom stereocenters. The molecule has 150 valence electrons. The molecule has 8 nitrogen and oxygen atoms in total. The third kappa shape index (κ3) is 4.87. The lowest BCUT2D eigenvalue weighted by Crippen LogP contribution is -2.02. The predicted molar refractivity (Wildman–Crippen MR) is 108 cm³/mol. The second-order valence-electron chi connectivity index (χ2n) is 5.72. The number of aromatic nitrogens is 3. The van der Waals surface area contributed by atoms with Crippen LogP contribution < -0.4 is 0 Å². The normalized spacial score (nSPS) is 11.5. The van der Waals surface area contributed by atoms with Crippen LogP contribution in [0.3, 0.4) is 0 Å². The van der Waals surface area contributed by atoms with E-state index in [9.17, 15) is 14.7 Å². The molecule has 0 fully saturated rings. The van der Waals surface area contributed by atoms with Gasteiger partial charge in [-0.05, 0) is 42.1 Å². The number of aromatic amines is 1. The Morgan fingerprint density at radius 3 is 2.79 bits per heavy atom. The number of esters is 1. The highest BCUT2D eigenvalue weighted by Crippen LogP contribution is 2.30. The molecule has 3 aromatic rings. The molecule has 0 radical (unpaired) electrons. The number of halogens is 1. The lowest BCUT2D eigenvalue weighted by molar-refractivity contribution is -0.131. The highest BCUT2D eigenvalue weighted by atomic mass is 35.5. The number of methoxy groups -OCH3 is 1. The number of ether oxygens (including phenoxy) is 1. The average Bonchev–Trinajstić information content (AvgIpc) is 3.36. The molecule has 10 heteroatoms. The molecule has 0 amide bonds. The number of thioether (sulfide) groups is 1. The molecular weight excluding hydrogens is 418 g/mol. The molecule has 0 saturated carbocycles. The fourth-order valence-electron chi connectivity index (χ4n) is 2.37. The van der Waals surface area contributed by atoms with Gasteiger partial charge < -0.3 is 14.3 Å². The first kappa shape index (κ1) is 20.7. The minimum Gasteiger partial charge on any atom is -0.477 e. The molecule has 2 heterocycles. The molecule has 0 aliphatic rings. The number of rotatable bonds is 7. The summed E-state index contributed by atoms with van der Waals surface area (Å²) in [5, 5.41) is 16.8. The van der Waals surface area contributed by atoms with Gasteiger partial charge in [-0.1, -0.05) is 18.5 Å². The van der Waals surface area contributed by atoms with Gasteiger partial charge in [0.05, 0.1) is 17.7 Å². The number of H-pyrrole nitrogens is 1. The van der Waals surface area contributed by atoms with Crippen molar-refractivity contribution in [2.75, 3.05) is 7.11 Å². The van der Waals surface area contributed by atoms with Crippen LogP contribution in [0.15, 0.2) is 44.8 Å². The van der Waals surface area contributed by atoms with E-state index in [0.717, 1.165) is 11.8 Å². The monoisotopic (exact) mass is 433 g/mol. The van der Waals surface area contributed by atoms with Crippen molar-refractivity contribution < 1.29 is 23.8 Å². The van der Waals surface area contributed by atoms with Crippen molar-refractivity contribution >= 4 is 41.4 Å². The van der Waals surface area contributed by atoms with Crippen LogP contribution in [0.4, 0.5) is 0 Å². The minimum atomic E-state index is -1.13. The molecule has 29 heavy (non-hydrogen) atoms. The first-order valence-corrected chi connectivity index (χ1v) is 9.63. The van der Waals surface area contributed by atoms with Gasteiger partial charge in [-0.3, -0.25) is 5.10 Å². The smallest absolute Gasteiger partial charge is 0.342 e. The Kier molecular flexibility index (Phi) is 6.40. The van der Waals surface area contributed by atoms with E-state index in [1.165, 1.54) is 13.2 Å². The summed E-state index contributed by atoms with van der Waals surface area (Å²) in [4.78, 5) is 27.6. The van der Waals surface area contributed by atoms with Crippen molar-refractivity contribution in [3.05, 3.63) is 57.4 Å². The second-order valence-corrected chi connectivity index (χ2v) is 7.14. The van der Waals surface area contributed by atoms with Crippen LogP contribution in [0.2, 0.25) is 5.02 Å². The first-order valence-electron chi connectivity index (χ1n) is 8.43. The van der Waals surface area contributed by atoms with Crippen molar-refractivity contribution in [1.29, 1.82) is 0 Å². The summed E-state index contributed by atoms with van der Waals surface area (Å²) in [6.45, 7) is 1.91. The van der Waals surface area contributed by atoms with Gasteiger partial charge in [-0.15, -0.1) is 5.10 Å². The van der Waals surface area contributed by atoms with Crippen molar-refractivity contribution in [1.82, 2.24) is 15.2 Å². The molecule has 1 aromatic carbocycles. The third-order valence-corrected chi connectivity index (χ3v) is 5.02. The number of furan rings is 1. The summed E-state index contributed by atoms with van der Waals surface area (Å²) in [6.07, 6.45) is 2.05. The van der Waals surface area contributed by atoms with Crippen molar-refractivity contribution in [2.45, 2.75) is 18.5 Å². The number of carboxylic acids is 1. The molecule has 2 aromatic heterocycles. The Morgan fingerprint density at radius 2 is 2.14 bits per heavy atom. The van der Waals surface area contributed by atoms with Gasteiger partial charge >= 0.3 is 11.9 Å². The number of benzene rings is 1. The largest absolute Gasteiger partial charge is 0.477 e. The number of hydrogen-bond acceptors (Lipinski definition) is 7. The van der Waals surface area contributed by atoms with Crippen LogP contribution in [0.5, 0.6) is 0 Å². The second kappa shape index (κ2) is 8.97. The molecular formula is C19H16ClN3O5S. The predicted octanol–water partition coefficient (Wildman–Crippen LogP) is 4.28. The van der Waals surface area contributed by atoms with Gasteiger partial charge in [-0.2, -0.15) is 0 Å². The highest BCUT2D eigenvalue weighted by Gasteiger charge is 2.16. The van der Waals surface area contributed by atoms with E-state index < -0.39 is 11.9 Å². The topological polar surface area (TPSA) is 118 Å². The fourth-order valence-corrected chi connectivity index (χ4v) is 3.28. The zero-order chi connectivity index (χ0) is 21.0. The van der Waals surface area contributed by atoms with E-state index in [2.05, 4.69) is 15.2 Å². The Hall–Kier alpha value is -3.04. The highest BCUT2D eigenvalue weighted by molar-refractivity contribution is 8.04. The molecule has 2 N–H and O–H groups in total. The summed E-state index contributed by atoms with van der Waals surface area (Å²) in [5.74, 6) is -0.257. The van der Waals surface area contributed by atoms with Crippen molar-refractivity contribution in [3.8, 4) is 11.3 Å². The number of aryl methyl sites for hydroxylation is 1. The number of nitrogens with one attached hydrogen (secondary N) is 1. The Labute approximate surface area is 174 Å². The third-order valence-electron chi connectivity index (χ3n) is 3.81. The summed E-state index contributed by atoms with van der Waals surface area (Å²) in [6, 6.07) is 8.10. The summed E-state index contributed by atoms with van der Waals surface area (Å²) in [7, 11) is 1.27. The van der Waals surface area contributed by atoms with Gasteiger partial charge in [0.15, 0.2) is 0 Å². The van der Waals surface area contributed by atoms with Gasteiger partial charge in [0.1, 0.15) is 22.3 Å². The molecule has 0 saturated heterocycles. The number of aliphatic carboxylic acids is 1. The van der Waals surface area contributed by atoms with Crippen LogP contribution in [0.1, 0.15) is 28.9 Å². The maximum Gasteiger partial charge on any atom is 0.342 e. The zero-order valence-electron chi connectivity index (χ0n) is 15.4. The van der Waals surface area contributed by atoms with Crippen LogP contribution >= 0.6 is 23.4 Å². The summed E-state index contributed by atoms with van der Waals surface area (Å²) in [5.41, 5.74) is 0.804. The van der Waals surface area contributed by atoms with E-state index >= 15 is 0 Å². The number of hydrogen-bond donors (Lipinski definition) is 2. The number of carboxylic acid groups (broad SMARTS) is 1. The SMILES string of the molecule is CCc1nc(S/C(=C\c2ccc(-c3ccc(Cl)c(C(=O)OC)c3)o2)C(=O)O)n[nH]1. The maximum atomic E-state index is 11.8. The van der Waals surface area contributed by atoms with Crippen LogP contribution in [-0.2, 0) is 16.0 Å².